The Morgan fingerprint density at radius 3 is 1.83 bits per heavy atom. The molecule has 0 aromatic heterocycles. The number of ether oxygens (including phenoxy) is 8. The fraction of sp³-hybridized carbons (Fsp3) is 0.962. The Kier molecular flexibility index (Phi) is 18.1. The minimum absolute atomic E-state index is 0.00251. The topological polar surface area (TPSA) is 357 Å². The van der Waals surface area contributed by atoms with Gasteiger partial charge >= 0.3 is 0 Å². The maximum atomic E-state index is 12.7. The van der Waals surface area contributed by atoms with Gasteiger partial charge in [0.25, 0.3) is 0 Å². The number of allylic oxidation sites excluding steroid dienone is 1. The third kappa shape index (κ3) is 10.9. The van der Waals surface area contributed by atoms with E-state index in [1.807, 2.05) is 0 Å². The van der Waals surface area contributed by atoms with Gasteiger partial charge in [-0.2, -0.15) is 0 Å². The quantitative estimate of drug-likeness (QED) is 0.0777. The van der Waals surface area contributed by atoms with Crippen molar-refractivity contribution in [3.05, 3.63) is 11.6 Å². The van der Waals surface area contributed by atoms with Gasteiger partial charge in [0.2, 0.25) is 0 Å². The van der Waals surface area contributed by atoms with Crippen LogP contribution in [0.1, 0.15) is 113 Å². The van der Waals surface area contributed by atoms with E-state index in [4.69, 9.17) is 37.9 Å². The van der Waals surface area contributed by atoms with E-state index in [1.165, 1.54) is 0 Å². The van der Waals surface area contributed by atoms with Crippen molar-refractivity contribution in [2.45, 2.75) is 248 Å². The maximum absolute atomic E-state index is 12.7. The molecule has 7 fully saturated rings. The van der Waals surface area contributed by atoms with E-state index in [2.05, 4.69) is 47.6 Å². The minimum Gasteiger partial charge on any atom is -0.394 e. The van der Waals surface area contributed by atoms with Crippen molar-refractivity contribution < 1.29 is 109 Å². The summed E-state index contributed by atoms with van der Waals surface area (Å²) in [6.07, 6.45) is -20.3. The predicted octanol–water partition coefficient (Wildman–Crippen LogP) is -1.56. The van der Waals surface area contributed by atoms with Gasteiger partial charge in [-0.25, -0.2) is 0 Å². The predicted molar refractivity (Wildman–Crippen MR) is 260 cm³/mol. The van der Waals surface area contributed by atoms with Gasteiger partial charge in [-0.3, -0.25) is 0 Å². The summed E-state index contributed by atoms with van der Waals surface area (Å²) in [6.45, 7) is 15.0. The van der Waals surface area contributed by atoms with E-state index in [-0.39, 0.29) is 54.1 Å². The summed E-state index contributed by atoms with van der Waals surface area (Å²) in [6, 6.07) is 0. The van der Waals surface area contributed by atoms with E-state index >= 15 is 0 Å². The van der Waals surface area contributed by atoms with E-state index in [0.29, 0.717) is 32.1 Å². The molecule has 3 unspecified atom stereocenters. The standard InChI is InChI=1S/C53H90O22/c1-23(9-13-35(50(4,5)67)75-48-44(66)41(63)37(59)30(73-48)21-69-45-28(56)17-24(55)20-68-45)25-15-16-51(6)32-12-10-26-27(53(32,8)33(57)18-52(25,51)7)11-14-34(49(26,2)3)74-47-43(65)40(62)38(60)31(72-47)22-70-46-42(64)39(61)36(58)29(19-54)71-46/h10,23-25,27-48,54-67H,9,11-22H2,1-8H3/t23-,24+,25?,27?,28-,29-,30-,31-,32?,33-,34+,35-,36-,37-,38-,39+,40+,41+,42-,43-,44-,45+,46-,47+,48+,51+,52-,53+/m1/s1. The molecule has 434 valence electrons. The molecule has 4 aliphatic carbocycles. The number of hydrogen-bond acceptors (Lipinski definition) is 22. The van der Waals surface area contributed by atoms with Gasteiger partial charge in [-0.15, -0.1) is 0 Å². The summed E-state index contributed by atoms with van der Waals surface area (Å²) in [5.41, 5.74) is -1.83. The first kappa shape index (κ1) is 60.0. The highest BCUT2D eigenvalue weighted by Crippen LogP contribution is 2.75. The molecule has 8 aliphatic rings. The fourth-order valence-electron chi connectivity index (χ4n) is 15.3. The third-order valence-electron chi connectivity index (χ3n) is 20.2. The lowest BCUT2D eigenvalue weighted by molar-refractivity contribution is -0.340. The Balaban J connectivity index is 0.911. The molecular weight excluding hydrogens is 989 g/mol. The van der Waals surface area contributed by atoms with Crippen LogP contribution in [0, 0.1) is 45.3 Å². The summed E-state index contributed by atoms with van der Waals surface area (Å²) in [5, 5.41) is 150. The molecule has 14 N–H and O–H groups in total. The molecule has 4 saturated heterocycles. The van der Waals surface area contributed by atoms with Gasteiger partial charge in [0.05, 0.1) is 56.4 Å². The molecule has 22 heteroatoms. The van der Waals surface area contributed by atoms with Crippen molar-refractivity contribution in [1.82, 2.24) is 0 Å². The van der Waals surface area contributed by atoms with Crippen molar-refractivity contribution in [1.29, 1.82) is 0 Å². The van der Waals surface area contributed by atoms with E-state index in [1.54, 1.807) is 13.8 Å². The smallest absolute Gasteiger partial charge is 0.187 e. The first-order chi connectivity index (χ1) is 35.0. The SMILES string of the molecule is C[C@H](CC[C@@H](O[C@@H]1O[C@H](CO[C@@H]2OC[C@@H](O)C[C@H]2O)[C@@H](O)[C@H](O)[C@H]1O)C(C)(C)O)C1CC[C@@]2(C)C3CC=C4C(CC[C@H](O[C@@H]5O[C@H](CO[C@@H]6O[C@H](CO)[C@@H](O)[C@H](O)[C@H]6O)[C@@H](O)[C@H](O)[C@H]5O)C4(C)C)[C@]3(C)[C@H](O)C[C@]12C. The van der Waals surface area contributed by atoms with Crippen LogP contribution < -0.4 is 0 Å². The highest BCUT2D eigenvalue weighted by atomic mass is 16.7. The molecule has 0 amide bonds. The van der Waals surface area contributed by atoms with Gasteiger partial charge in [0.15, 0.2) is 25.2 Å². The number of aliphatic hydroxyl groups is 14. The average molecular weight is 1080 g/mol. The molecule has 0 bridgehead atoms. The van der Waals surface area contributed by atoms with Crippen molar-refractivity contribution in [3.8, 4) is 0 Å². The highest BCUT2D eigenvalue weighted by Gasteiger charge is 2.70. The van der Waals surface area contributed by atoms with Gasteiger partial charge in [0, 0.05) is 17.3 Å². The fourth-order valence-corrected chi connectivity index (χ4v) is 15.3. The van der Waals surface area contributed by atoms with E-state index in [9.17, 15) is 71.5 Å². The molecule has 28 atom stereocenters. The van der Waals surface area contributed by atoms with Gasteiger partial charge in [-0.1, -0.05) is 53.2 Å². The third-order valence-corrected chi connectivity index (χ3v) is 20.2. The second-order valence-electron chi connectivity index (χ2n) is 25.4. The number of hydrogen-bond donors (Lipinski definition) is 14. The molecule has 0 radical (unpaired) electrons. The van der Waals surface area contributed by atoms with Crippen LogP contribution in [0.4, 0.5) is 0 Å². The van der Waals surface area contributed by atoms with Crippen molar-refractivity contribution in [2.75, 3.05) is 26.4 Å². The summed E-state index contributed by atoms with van der Waals surface area (Å²) >= 11 is 0. The average Bonchev–Trinajstić information content (AvgIpc) is 3.62. The number of rotatable bonds is 16. The Labute approximate surface area is 439 Å². The van der Waals surface area contributed by atoms with Gasteiger partial charge in [-0.05, 0) is 99.7 Å². The van der Waals surface area contributed by atoms with Crippen LogP contribution in [0.5, 0.6) is 0 Å². The van der Waals surface area contributed by atoms with Crippen molar-refractivity contribution in [2.24, 2.45) is 45.3 Å². The molecule has 3 saturated carbocycles. The summed E-state index contributed by atoms with van der Waals surface area (Å²) < 4.78 is 47.0. The first-order valence-corrected chi connectivity index (χ1v) is 27.3. The number of fused-ring (bicyclic) bond motifs is 5. The Hall–Kier alpha value is -1.14. The molecule has 0 spiro atoms. The van der Waals surface area contributed by atoms with Crippen molar-refractivity contribution in [3.63, 3.8) is 0 Å². The molecule has 22 nitrogen and oxygen atoms in total. The molecular formula is C53H90O22. The molecule has 75 heavy (non-hydrogen) atoms. The number of aliphatic hydroxyl groups excluding tert-OH is 13. The van der Waals surface area contributed by atoms with Crippen molar-refractivity contribution >= 4 is 0 Å². The Morgan fingerprint density at radius 2 is 1.23 bits per heavy atom. The van der Waals surface area contributed by atoms with Crippen LogP contribution in [0.15, 0.2) is 11.6 Å². The van der Waals surface area contributed by atoms with E-state index < -0.39 is 159 Å². The molecule has 4 heterocycles. The van der Waals surface area contributed by atoms with Crippen LogP contribution in [0.2, 0.25) is 0 Å². The normalized spacial score (nSPS) is 51.0. The van der Waals surface area contributed by atoms with Crippen LogP contribution in [-0.2, 0) is 37.9 Å². The van der Waals surface area contributed by atoms with Gasteiger partial charge < -0.3 is 109 Å². The largest absolute Gasteiger partial charge is 0.394 e. The molecule has 8 rings (SSSR count). The zero-order valence-corrected chi connectivity index (χ0v) is 44.7. The minimum atomic E-state index is -1.70. The zero-order valence-electron chi connectivity index (χ0n) is 44.7. The van der Waals surface area contributed by atoms with Crippen LogP contribution >= 0.6 is 0 Å². The monoisotopic (exact) mass is 1080 g/mol. The maximum Gasteiger partial charge on any atom is 0.187 e. The molecule has 4 aliphatic heterocycles. The summed E-state index contributed by atoms with van der Waals surface area (Å²) in [4.78, 5) is 0. The Bertz CT molecular complexity index is 1940. The lowest BCUT2D eigenvalue weighted by Gasteiger charge is -2.67. The summed E-state index contributed by atoms with van der Waals surface area (Å²) in [7, 11) is 0. The second kappa shape index (κ2) is 22.7. The first-order valence-electron chi connectivity index (χ1n) is 27.3. The highest BCUT2D eigenvalue weighted by molar-refractivity contribution is 5.32. The lowest BCUT2D eigenvalue weighted by atomic mass is 9.38. The van der Waals surface area contributed by atoms with E-state index in [0.717, 1.165) is 24.8 Å². The summed E-state index contributed by atoms with van der Waals surface area (Å²) in [5.74, 6) is 0.437. The second-order valence-corrected chi connectivity index (χ2v) is 25.4. The van der Waals surface area contributed by atoms with Crippen LogP contribution in [0.25, 0.3) is 0 Å². The Morgan fingerprint density at radius 1 is 0.667 bits per heavy atom. The van der Waals surface area contributed by atoms with Crippen LogP contribution in [0.3, 0.4) is 0 Å². The zero-order chi connectivity index (χ0) is 55.1. The lowest BCUT2D eigenvalue weighted by Crippen LogP contribution is -2.65. The van der Waals surface area contributed by atoms with Crippen LogP contribution in [-0.4, -0.2) is 232 Å². The van der Waals surface area contributed by atoms with Gasteiger partial charge in [0.1, 0.15) is 79.4 Å². The molecule has 0 aromatic rings. The molecule has 0 aromatic carbocycles.